The predicted octanol–water partition coefficient (Wildman–Crippen LogP) is 0.182. The summed E-state index contributed by atoms with van der Waals surface area (Å²) in [6, 6.07) is 0. The molecule has 0 radical (unpaired) electrons. The molecule has 0 atom stereocenters. The van der Waals surface area contributed by atoms with Gasteiger partial charge in [0.15, 0.2) is 0 Å². The quantitative estimate of drug-likeness (QED) is 0.518. The van der Waals surface area contributed by atoms with Gasteiger partial charge >= 0.3 is 0 Å². The first-order valence-corrected chi connectivity index (χ1v) is 2.66. The molecule has 46 valence electrons. The van der Waals surface area contributed by atoms with Crippen LogP contribution in [0.15, 0.2) is 0 Å². The third-order valence-electron chi connectivity index (χ3n) is 0.338. The van der Waals surface area contributed by atoms with E-state index in [-0.39, 0.29) is 0 Å². The van der Waals surface area contributed by atoms with Crippen molar-refractivity contribution in [3.05, 3.63) is 0 Å². The molecule has 0 aromatic carbocycles. The van der Waals surface area contributed by atoms with Crippen LogP contribution in [-0.2, 0) is 0 Å². The number of rotatable bonds is 2. The number of halogens is 1. The molecule has 0 aliphatic heterocycles. The molecule has 0 aliphatic rings. The lowest BCUT2D eigenvalue weighted by molar-refractivity contribution is 0.399. The Bertz CT molecular complexity index is 19.2. The summed E-state index contributed by atoms with van der Waals surface area (Å²) in [5, 5.41) is 7.00. The van der Waals surface area contributed by atoms with E-state index in [1.165, 1.54) is 0 Å². The number of hydrogen-bond donors (Lipinski definition) is 2. The summed E-state index contributed by atoms with van der Waals surface area (Å²) in [6.07, 6.45) is 0.932. The first-order chi connectivity index (χ1) is 3.41. The normalized spacial score (nSPS) is 6.86. The fourth-order valence-electron chi connectivity index (χ4n) is 0.0772. The van der Waals surface area contributed by atoms with Gasteiger partial charge in [0.2, 0.25) is 0 Å². The highest BCUT2D eigenvalue weighted by molar-refractivity contribution is 6.17. The molecule has 0 bridgehead atoms. The van der Waals surface area contributed by atoms with E-state index in [2.05, 4.69) is 0 Å². The van der Waals surface area contributed by atoms with Gasteiger partial charge in [-0.3, -0.25) is 0 Å². The van der Waals surface area contributed by atoms with Gasteiger partial charge in [-0.05, 0) is 13.0 Å². The average molecular weight is 126 g/mol. The zero-order valence-corrected chi connectivity index (χ0v) is 5.28. The van der Waals surface area contributed by atoms with Crippen LogP contribution in [0, 0.1) is 0 Å². The standard InChI is InChI=1S/C3H8ClN.CH4O/c4-2-1-3-5;1-2/h1-3,5H2;2H,1H3. The van der Waals surface area contributed by atoms with E-state index >= 15 is 0 Å². The Hall–Kier alpha value is 0.210. The summed E-state index contributed by atoms with van der Waals surface area (Å²) in [4.78, 5) is 0. The third kappa shape index (κ3) is 22.5. The lowest BCUT2D eigenvalue weighted by Gasteiger charge is -1.78. The van der Waals surface area contributed by atoms with Gasteiger partial charge in [-0.2, -0.15) is 0 Å². The van der Waals surface area contributed by atoms with E-state index in [0.717, 1.165) is 13.5 Å². The first kappa shape index (κ1) is 10.2. The Morgan fingerprint density at radius 3 is 2.00 bits per heavy atom. The lowest BCUT2D eigenvalue weighted by atomic mass is 10.5. The molecule has 0 amide bonds. The largest absolute Gasteiger partial charge is 0.400 e. The second kappa shape index (κ2) is 16.4. The van der Waals surface area contributed by atoms with Crippen LogP contribution in [0.2, 0.25) is 0 Å². The van der Waals surface area contributed by atoms with Gasteiger partial charge < -0.3 is 10.8 Å². The van der Waals surface area contributed by atoms with Gasteiger partial charge in [0, 0.05) is 13.0 Å². The molecule has 0 saturated heterocycles. The molecule has 0 aliphatic carbocycles. The van der Waals surface area contributed by atoms with E-state index in [4.69, 9.17) is 22.4 Å². The maximum Gasteiger partial charge on any atom is 0.0319 e. The SMILES string of the molecule is CO.NCCCCl. The van der Waals surface area contributed by atoms with Crippen LogP contribution in [-0.4, -0.2) is 24.6 Å². The smallest absolute Gasteiger partial charge is 0.0319 e. The number of alkyl halides is 1. The second-order valence-electron chi connectivity index (χ2n) is 0.831. The zero-order chi connectivity index (χ0) is 6.12. The van der Waals surface area contributed by atoms with Crippen molar-refractivity contribution in [1.29, 1.82) is 0 Å². The molecule has 3 N–H and O–H groups in total. The highest BCUT2D eigenvalue weighted by atomic mass is 35.5. The summed E-state index contributed by atoms with van der Waals surface area (Å²) in [6.45, 7) is 0.712. The van der Waals surface area contributed by atoms with Crippen molar-refractivity contribution in [2.75, 3.05) is 19.5 Å². The minimum Gasteiger partial charge on any atom is -0.400 e. The van der Waals surface area contributed by atoms with E-state index in [1.807, 2.05) is 0 Å². The Labute approximate surface area is 49.3 Å². The Balaban J connectivity index is 0. The summed E-state index contributed by atoms with van der Waals surface area (Å²) in [5.74, 6) is 0.691. The predicted molar refractivity (Wildman–Crippen MR) is 32.5 cm³/mol. The summed E-state index contributed by atoms with van der Waals surface area (Å²) >= 11 is 5.22. The molecule has 0 heterocycles. The second-order valence-corrected chi connectivity index (χ2v) is 1.21. The Morgan fingerprint density at radius 1 is 1.57 bits per heavy atom. The van der Waals surface area contributed by atoms with Gasteiger partial charge in [-0.25, -0.2) is 0 Å². The van der Waals surface area contributed by atoms with Crippen molar-refractivity contribution < 1.29 is 5.11 Å². The molecular formula is C4H12ClNO. The van der Waals surface area contributed by atoms with Crippen LogP contribution in [0.4, 0.5) is 0 Å². The highest BCUT2D eigenvalue weighted by Crippen LogP contribution is 1.76. The van der Waals surface area contributed by atoms with Crippen LogP contribution < -0.4 is 5.73 Å². The fraction of sp³-hybridized carbons (Fsp3) is 1.00. The third-order valence-corrected chi connectivity index (χ3v) is 0.605. The van der Waals surface area contributed by atoms with Crippen molar-refractivity contribution in [3.8, 4) is 0 Å². The van der Waals surface area contributed by atoms with Crippen molar-refractivity contribution in [3.63, 3.8) is 0 Å². The molecule has 0 aromatic rings. The van der Waals surface area contributed by atoms with Crippen LogP contribution in [0.5, 0.6) is 0 Å². The van der Waals surface area contributed by atoms with E-state index in [1.54, 1.807) is 0 Å². The molecule has 0 rings (SSSR count). The Morgan fingerprint density at radius 2 is 2.00 bits per heavy atom. The van der Waals surface area contributed by atoms with Crippen molar-refractivity contribution in [2.45, 2.75) is 6.42 Å². The van der Waals surface area contributed by atoms with Gasteiger partial charge in [0.1, 0.15) is 0 Å². The lowest BCUT2D eigenvalue weighted by Crippen LogP contribution is -1.97. The maximum absolute atomic E-state index is 7.00. The molecule has 0 spiro atoms. The number of aliphatic hydroxyl groups excluding tert-OH is 1. The topological polar surface area (TPSA) is 46.2 Å². The highest BCUT2D eigenvalue weighted by Gasteiger charge is 1.70. The van der Waals surface area contributed by atoms with Crippen LogP contribution >= 0.6 is 11.6 Å². The molecular weight excluding hydrogens is 114 g/mol. The van der Waals surface area contributed by atoms with Crippen LogP contribution in [0.3, 0.4) is 0 Å². The van der Waals surface area contributed by atoms with E-state index in [0.29, 0.717) is 12.4 Å². The minimum atomic E-state index is 0.691. The van der Waals surface area contributed by atoms with Crippen molar-refractivity contribution in [2.24, 2.45) is 5.73 Å². The fourth-order valence-corrected chi connectivity index (χ4v) is 0.231. The minimum absolute atomic E-state index is 0.691. The monoisotopic (exact) mass is 125 g/mol. The maximum atomic E-state index is 7.00. The van der Waals surface area contributed by atoms with E-state index in [9.17, 15) is 0 Å². The molecule has 2 nitrogen and oxygen atoms in total. The average Bonchev–Trinajstić information content (AvgIpc) is 1.75. The van der Waals surface area contributed by atoms with Gasteiger partial charge in [0.25, 0.3) is 0 Å². The van der Waals surface area contributed by atoms with Gasteiger partial charge in [0.05, 0.1) is 0 Å². The summed E-state index contributed by atoms with van der Waals surface area (Å²) < 4.78 is 0. The molecule has 3 heteroatoms. The van der Waals surface area contributed by atoms with Gasteiger partial charge in [-0.15, -0.1) is 11.6 Å². The van der Waals surface area contributed by atoms with Gasteiger partial charge in [-0.1, -0.05) is 0 Å². The van der Waals surface area contributed by atoms with Crippen molar-refractivity contribution in [1.82, 2.24) is 0 Å². The van der Waals surface area contributed by atoms with Crippen LogP contribution in [0.25, 0.3) is 0 Å². The number of aliphatic hydroxyl groups is 1. The summed E-state index contributed by atoms with van der Waals surface area (Å²) in [7, 11) is 1.00. The number of nitrogens with two attached hydrogens (primary N) is 1. The van der Waals surface area contributed by atoms with Crippen LogP contribution in [0.1, 0.15) is 6.42 Å². The number of hydrogen-bond acceptors (Lipinski definition) is 2. The Kier molecular flexibility index (Phi) is 23.9. The molecule has 0 unspecified atom stereocenters. The molecule has 0 fully saturated rings. The zero-order valence-electron chi connectivity index (χ0n) is 4.52. The first-order valence-electron chi connectivity index (χ1n) is 2.12. The van der Waals surface area contributed by atoms with E-state index < -0.39 is 0 Å². The summed E-state index contributed by atoms with van der Waals surface area (Å²) in [5.41, 5.74) is 5.05. The van der Waals surface area contributed by atoms with Crippen molar-refractivity contribution >= 4 is 11.6 Å². The molecule has 0 aromatic heterocycles. The molecule has 7 heavy (non-hydrogen) atoms. The molecule has 0 saturated carbocycles.